The highest BCUT2D eigenvalue weighted by Gasteiger charge is 2.12. The minimum Gasteiger partial charge on any atom is -0.486 e. The Morgan fingerprint density at radius 1 is 1.20 bits per heavy atom. The first-order valence-corrected chi connectivity index (χ1v) is 7.53. The monoisotopic (exact) mass is 279 g/mol. The van der Waals surface area contributed by atoms with Crippen molar-refractivity contribution in [1.29, 1.82) is 0 Å². The zero-order chi connectivity index (χ0) is 14.2. The number of aliphatic hydroxyl groups excluding tert-OH is 1. The van der Waals surface area contributed by atoms with Crippen molar-refractivity contribution < 1.29 is 14.6 Å². The van der Waals surface area contributed by atoms with E-state index in [1.807, 2.05) is 12.1 Å². The van der Waals surface area contributed by atoms with Gasteiger partial charge in [0, 0.05) is 13.2 Å². The molecule has 1 aliphatic rings. The molecule has 0 amide bonds. The molecule has 1 aromatic rings. The van der Waals surface area contributed by atoms with Gasteiger partial charge in [-0.2, -0.15) is 0 Å². The van der Waals surface area contributed by atoms with Gasteiger partial charge in [0.05, 0.1) is 0 Å². The van der Waals surface area contributed by atoms with Gasteiger partial charge in [0.2, 0.25) is 0 Å². The van der Waals surface area contributed by atoms with Crippen molar-refractivity contribution in [3.8, 4) is 11.5 Å². The molecule has 0 saturated heterocycles. The Balaban J connectivity index is 1.81. The van der Waals surface area contributed by atoms with E-state index in [1.165, 1.54) is 5.56 Å². The maximum Gasteiger partial charge on any atom is 0.161 e. The highest BCUT2D eigenvalue weighted by Crippen LogP contribution is 2.30. The molecule has 2 N–H and O–H groups in total. The lowest BCUT2D eigenvalue weighted by Crippen LogP contribution is -2.23. The van der Waals surface area contributed by atoms with Gasteiger partial charge in [-0.25, -0.2) is 0 Å². The van der Waals surface area contributed by atoms with Crippen molar-refractivity contribution in [3.05, 3.63) is 23.8 Å². The number of benzene rings is 1. The lowest BCUT2D eigenvalue weighted by Gasteiger charge is -2.19. The second-order valence-electron chi connectivity index (χ2n) is 5.28. The third kappa shape index (κ3) is 4.39. The number of nitrogens with one attached hydrogen (secondary N) is 1. The summed E-state index contributed by atoms with van der Waals surface area (Å²) in [5, 5.41) is 12.5. The molecule has 0 radical (unpaired) electrons. The molecular formula is C16H25NO3. The summed E-state index contributed by atoms with van der Waals surface area (Å²) in [4.78, 5) is 0. The Bertz CT molecular complexity index is 403. The Kier molecular flexibility index (Phi) is 6.15. The van der Waals surface area contributed by atoms with Gasteiger partial charge in [-0.1, -0.05) is 19.4 Å². The molecule has 0 fully saturated rings. The van der Waals surface area contributed by atoms with E-state index in [-0.39, 0.29) is 6.61 Å². The molecule has 4 heteroatoms. The third-order valence-electron chi connectivity index (χ3n) is 3.60. The molecule has 2 rings (SSSR count). The molecule has 1 aromatic carbocycles. The molecule has 1 unspecified atom stereocenters. The maximum atomic E-state index is 9.05. The molecule has 0 spiro atoms. The van der Waals surface area contributed by atoms with Gasteiger partial charge in [0.15, 0.2) is 11.5 Å². The van der Waals surface area contributed by atoms with E-state index in [0.717, 1.165) is 43.9 Å². The van der Waals surface area contributed by atoms with E-state index in [9.17, 15) is 0 Å². The number of fused-ring (bicyclic) bond motifs is 1. The van der Waals surface area contributed by atoms with Crippen molar-refractivity contribution in [3.63, 3.8) is 0 Å². The predicted octanol–water partition coefficient (Wildman–Crippen LogP) is 2.35. The predicted molar refractivity (Wildman–Crippen MR) is 79.2 cm³/mol. The van der Waals surface area contributed by atoms with Crippen molar-refractivity contribution in [2.75, 3.05) is 26.4 Å². The zero-order valence-electron chi connectivity index (χ0n) is 12.2. The van der Waals surface area contributed by atoms with Crippen molar-refractivity contribution in [2.45, 2.75) is 32.7 Å². The molecule has 1 atom stereocenters. The zero-order valence-corrected chi connectivity index (χ0v) is 12.2. The van der Waals surface area contributed by atoms with Crippen LogP contribution in [0, 0.1) is 5.92 Å². The number of hydrogen-bond acceptors (Lipinski definition) is 4. The molecule has 0 aromatic heterocycles. The van der Waals surface area contributed by atoms with E-state index in [1.54, 1.807) is 0 Å². The van der Waals surface area contributed by atoms with E-state index in [0.29, 0.717) is 19.1 Å². The summed E-state index contributed by atoms with van der Waals surface area (Å²) in [5.74, 6) is 2.24. The maximum absolute atomic E-state index is 9.05. The van der Waals surface area contributed by atoms with Crippen LogP contribution in [0.4, 0.5) is 0 Å². The topological polar surface area (TPSA) is 50.7 Å². The van der Waals surface area contributed by atoms with Gasteiger partial charge in [0.1, 0.15) is 13.2 Å². The van der Waals surface area contributed by atoms with Gasteiger partial charge in [0.25, 0.3) is 0 Å². The van der Waals surface area contributed by atoms with Crippen LogP contribution in [0.3, 0.4) is 0 Å². The quantitative estimate of drug-likeness (QED) is 0.767. The first kappa shape index (κ1) is 15.1. The normalized spacial score (nSPS) is 15.1. The minimum atomic E-state index is 0.274. The summed E-state index contributed by atoms with van der Waals surface area (Å²) in [6.45, 7) is 5.48. The van der Waals surface area contributed by atoms with Crippen LogP contribution in [-0.4, -0.2) is 31.5 Å². The van der Waals surface area contributed by atoms with Gasteiger partial charge < -0.3 is 19.9 Å². The Labute approximate surface area is 121 Å². The first-order chi connectivity index (χ1) is 9.83. The smallest absolute Gasteiger partial charge is 0.161 e. The van der Waals surface area contributed by atoms with Crippen molar-refractivity contribution >= 4 is 0 Å². The second kappa shape index (κ2) is 8.12. The molecule has 0 saturated carbocycles. The summed E-state index contributed by atoms with van der Waals surface area (Å²) < 4.78 is 11.1. The van der Waals surface area contributed by atoms with Crippen LogP contribution in [0.15, 0.2) is 18.2 Å². The molecule has 4 nitrogen and oxygen atoms in total. The number of aliphatic hydroxyl groups is 1. The average molecular weight is 279 g/mol. The molecule has 20 heavy (non-hydrogen) atoms. The molecular weight excluding hydrogens is 254 g/mol. The fraction of sp³-hybridized carbons (Fsp3) is 0.625. The highest BCUT2D eigenvalue weighted by molar-refractivity contribution is 5.43. The van der Waals surface area contributed by atoms with Crippen LogP contribution in [-0.2, 0) is 6.54 Å². The molecule has 1 heterocycles. The summed E-state index contributed by atoms with van der Waals surface area (Å²) >= 11 is 0. The fourth-order valence-corrected chi connectivity index (χ4v) is 2.56. The lowest BCUT2D eigenvalue weighted by molar-refractivity contribution is 0.171. The van der Waals surface area contributed by atoms with Crippen LogP contribution >= 0.6 is 0 Å². The number of rotatable bonds is 8. The van der Waals surface area contributed by atoms with Gasteiger partial charge in [-0.15, -0.1) is 0 Å². The van der Waals surface area contributed by atoms with Crippen LogP contribution in [0.25, 0.3) is 0 Å². The lowest BCUT2D eigenvalue weighted by atomic mass is 10.0. The number of hydrogen-bond donors (Lipinski definition) is 2. The Morgan fingerprint density at radius 2 is 2.00 bits per heavy atom. The van der Waals surface area contributed by atoms with Crippen LogP contribution in [0.2, 0.25) is 0 Å². The molecule has 112 valence electrons. The van der Waals surface area contributed by atoms with E-state index in [4.69, 9.17) is 14.6 Å². The molecule has 0 aliphatic carbocycles. The second-order valence-corrected chi connectivity index (χ2v) is 5.28. The summed E-state index contributed by atoms with van der Waals surface area (Å²) in [6.07, 6.45) is 3.20. The van der Waals surface area contributed by atoms with Gasteiger partial charge in [-0.05, 0) is 43.0 Å². The van der Waals surface area contributed by atoms with E-state index < -0.39 is 0 Å². The summed E-state index contributed by atoms with van der Waals surface area (Å²) in [6, 6.07) is 6.09. The summed E-state index contributed by atoms with van der Waals surface area (Å²) in [7, 11) is 0. The Morgan fingerprint density at radius 3 is 2.75 bits per heavy atom. The minimum absolute atomic E-state index is 0.274. The standard InChI is InChI=1S/C16H25NO3/c1-2-3-13(6-7-18)11-17-12-14-4-5-15-16(10-14)20-9-8-19-15/h4-5,10,13,17-18H,2-3,6-9,11-12H2,1H3. The number of ether oxygens (including phenoxy) is 2. The highest BCUT2D eigenvalue weighted by atomic mass is 16.6. The van der Waals surface area contributed by atoms with Crippen LogP contribution in [0.1, 0.15) is 31.7 Å². The van der Waals surface area contributed by atoms with Crippen LogP contribution < -0.4 is 14.8 Å². The third-order valence-corrected chi connectivity index (χ3v) is 3.60. The van der Waals surface area contributed by atoms with E-state index >= 15 is 0 Å². The Hall–Kier alpha value is -1.26. The van der Waals surface area contributed by atoms with Crippen LogP contribution in [0.5, 0.6) is 11.5 Å². The summed E-state index contributed by atoms with van der Waals surface area (Å²) in [5.41, 5.74) is 1.20. The van der Waals surface area contributed by atoms with E-state index in [2.05, 4.69) is 18.3 Å². The average Bonchev–Trinajstić information content (AvgIpc) is 2.47. The fourth-order valence-electron chi connectivity index (χ4n) is 2.56. The molecule has 0 bridgehead atoms. The SMILES string of the molecule is CCCC(CCO)CNCc1ccc2c(c1)OCCO2. The first-order valence-electron chi connectivity index (χ1n) is 7.53. The van der Waals surface area contributed by atoms with Gasteiger partial charge >= 0.3 is 0 Å². The molecule has 1 aliphatic heterocycles. The largest absolute Gasteiger partial charge is 0.486 e. The van der Waals surface area contributed by atoms with Crippen molar-refractivity contribution in [1.82, 2.24) is 5.32 Å². The van der Waals surface area contributed by atoms with Gasteiger partial charge in [-0.3, -0.25) is 0 Å². The van der Waals surface area contributed by atoms with Crippen molar-refractivity contribution in [2.24, 2.45) is 5.92 Å².